The first-order valence-electron chi connectivity index (χ1n) is 7.12. The van der Waals surface area contributed by atoms with Gasteiger partial charge < -0.3 is 10.6 Å². The number of nitro benzene ring substituents is 1. The zero-order chi connectivity index (χ0) is 16.4. The van der Waals surface area contributed by atoms with Crippen molar-refractivity contribution in [2.75, 3.05) is 17.2 Å². The molecule has 0 saturated carbocycles. The van der Waals surface area contributed by atoms with Crippen LogP contribution < -0.4 is 10.6 Å². The lowest BCUT2D eigenvalue weighted by atomic mass is 10.1. The van der Waals surface area contributed by atoms with Crippen molar-refractivity contribution in [1.82, 2.24) is 0 Å². The van der Waals surface area contributed by atoms with Crippen molar-refractivity contribution in [3.8, 4) is 0 Å². The highest BCUT2D eigenvalue weighted by Crippen LogP contribution is 2.34. The number of nitro groups is 1. The van der Waals surface area contributed by atoms with Crippen molar-refractivity contribution in [1.29, 1.82) is 0 Å². The minimum Gasteiger partial charge on any atom is -0.384 e. The lowest BCUT2D eigenvalue weighted by Gasteiger charge is -2.09. The second-order valence-corrected chi connectivity index (χ2v) is 5.31. The smallest absolute Gasteiger partial charge is 0.294 e. The lowest BCUT2D eigenvalue weighted by Crippen LogP contribution is -2.15. The van der Waals surface area contributed by atoms with Gasteiger partial charge in [0.15, 0.2) is 0 Å². The van der Waals surface area contributed by atoms with E-state index in [1.807, 2.05) is 0 Å². The van der Waals surface area contributed by atoms with E-state index in [1.165, 1.54) is 30.3 Å². The van der Waals surface area contributed by atoms with Crippen molar-refractivity contribution in [2.24, 2.45) is 0 Å². The van der Waals surface area contributed by atoms with Gasteiger partial charge in [-0.1, -0.05) is 12.1 Å². The number of rotatable bonds is 4. The molecule has 0 spiro atoms. The predicted molar refractivity (Wildman–Crippen MR) is 84.0 cm³/mol. The maximum Gasteiger partial charge on any atom is 0.294 e. The first-order chi connectivity index (χ1) is 11.0. The van der Waals surface area contributed by atoms with E-state index in [4.69, 9.17) is 0 Å². The number of benzene rings is 2. The molecule has 0 saturated heterocycles. The third kappa shape index (κ3) is 3.28. The second kappa shape index (κ2) is 6.04. The standard InChI is InChI=1S/C16H14FN3O3/c17-12-3-1-10(2-4-12)7-16(21)19-14-8-11-5-6-18-13(11)9-15(14)20(22)23/h1-4,8-9,18H,5-7H2,(H,19,21). The molecule has 1 heterocycles. The number of carbonyl (C=O) groups excluding carboxylic acids is 1. The van der Waals surface area contributed by atoms with E-state index in [-0.39, 0.29) is 29.5 Å². The van der Waals surface area contributed by atoms with E-state index >= 15 is 0 Å². The van der Waals surface area contributed by atoms with Crippen LogP contribution in [0, 0.1) is 15.9 Å². The molecule has 1 aliphatic rings. The fourth-order valence-corrected chi connectivity index (χ4v) is 2.57. The molecular formula is C16H14FN3O3. The quantitative estimate of drug-likeness (QED) is 0.671. The molecule has 23 heavy (non-hydrogen) atoms. The summed E-state index contributed by atoms with van der Waals surface area (Å²) in [6, 6.07) is 8.63. The van der Waals surface area contributed by atoms with Crippen molar-refractivity contribution in [2.45, 2.75) is 12.8 Å². The highest BCUT2D eigenvalue weighted by molar-refractivity contribution is 5.95. The van der Waals surface area contributed by atoms with Crippen LogP contribution in [0.2, 0.25) is 0 Å². The van der Waals surface area contributed by atoms with Gasteiger partial charge in [0.05, 0.1) is 11.3 Å². The minimum absolute atomic E-state index is 0.0206. The van der Waals surface area contributed by atoms with Gasteiger partial charge in [-0.15, -0.1) is 0 Å². The van der Waals surface area contributed by atoms with Gasteiger partial charge in [0.25, 0.3) is 5.69 Å². The van der Waals surface area contributed by atoms with Crippen LogP contribution in [0.3, 0.4) is 0 Å². The predicted octanol–water partition coefficient (Wildman–Crippen LogP) is 2.88. The maximum absolute atomic E-state index is 12.9. The van der Waals surface area contributed by atoms with Crippen LogP contribution in [-0.4, -0.2) is 17.4 Å². The molecule has 1 aliphatic heterocycles. The summed E-state index contributed by atoms with van der Waals surface area (Å²) in [5, 5.41) is 16.8. The summed E-state index contributed by atoms with van der Waals surface area (Å²) >= 11 is 0. The molecule has 0 atom stereocenters. The van der Waals surface area contributed by atoms with Gasteiger partial charge in [0.2, 0.25) is 5.91 Å². The molecule has 0 aliphatic carbocycles. The number of nitrogens with zero attached hydrogens (tertiary/aromatic N) is 1. The third-order valence-electron chi connectivity index (χ3n) is 3.68. The average Bonchev–Trinajstić information content (AvgIpc) is 2.96. The highest BCUT2D eigenvalue weighted by Gasteiger charge is 2.22. The third-order valence-corrected chi connectivity index (χ3v) is 3.68. The zero-order valence-corrected chi connectivity index (χ0v) is 12.1. The number of amides is 1. The van der Waals surface area contributed by atoms with Crippen LogP contribution in [0.5, 0.6) is 0 Å². The largest absolute Gasteiger partial charge is 0.384 e. The molecule has 6 nitrogen and oxygen atoms in total. The highest BCUT2D eigenvalue weighted by atomic mass is 19.1. The number of anilines is 2. The Hall–Kier alpha value is -2.96. The molecule has 3 rings (SSSR count). The molecule has 2 aromatic carbocycles. The number of halogens is 1. The first kappa shape index (κ1) is 15.0. The summed E-state index contributed by atoms with van der Waals surface area (Å²) in [5.74, 6) is -0.762. The number of nitrogens with one attached hydrogen (secondary N) is 2. The molecule has 0 radical (unpaired) electrons. The summed E-state index contributed by atoms with van der Waals surface area (Å²) in [5.41, 5.74) is 2.34. The Labute approximate surface area is 131 Å². The van der Waals surface area contributed by atoms with Crippen LogP contribution in [0.1, 0.15) is 11.1 Å². The van der Waals surface area contributed by atoms with Crippen molar-refractivity contribution >= 4 is 23.0 Å². The van der Waals surface area contributed by atoms with Crippen molar-refractivity contribution < 1.29 is 14.1 Å². The molecule has 0 aromatic heterocycles. The summed E-state index contributed by atoms with van der Waals surface area (Å²) in [6.45, 7) is 0.722. The van der Waals surface area contributed by atoms with Crippen LogP contribution in [0.4, 0.5) is 21.5 Å². The van der Waals surface area contributed by atoms with Crippen molar-refractivity contribution in [3.05, 3.63) is 63.5 Å². The molecule has 7 heteroatoms. The first-order valence-corrected chi connectivity index (χ1v) is 7.12. The Morgan fingerprint density at radius 3 is 2.74 bits per heavy atom. The molecule has 2 aromatic rings. The molecule has 0 fully saturated rings. The maximum atomic E-state index is 12.9. The molecule has 0 unspecified atom stereocenters. The average molecular weight is 315 g/mol. The van der Waals surface area contributed by atoms with Gasteiger partial charge in [-0.25, -0.2) is 4.39 Å². The Morgan fingerprint density at radius 2 is 2.04 bits per heavy atom. The normalized spacial score (nSPS) is 12.4. The van der Waals surface area contributed by atoms with E-state index in [2.05, 4.69) is 10.6 Å². The van der Waals surface area contributed by atoms with E-state index in [0.717, 1.165) is 24.2 Å². The van der Waals surface area contributed by atoms with Crippen molar-refractivity contribution in [3.63, 3.8) is 0 Å². The van der Waals surface area contributed by atoms with Crippen LogP contribution >= 0.6 is 0 Å². The van der Waals surface area contributed by atoms with Gasteiger partial charge in [0, 0.05) is 18.3 Å². The van der Waals surface area contributed by atoms with E-state index in [1.54, 1.807) is 6.07 Å². The van der Waals surface area contributed by atoms with Gasteiger partial charge in [-0.05, 0) is 35.7 Å². The van der Waals surface area contributed by atoms with Gasteiger partial charge >= 0.3 is 0 Å². The fourth-order valence-electron chi connectivity index (χ4n) is 2.57. The monoisotopic (exact) mass is 315 g/mol. The lowest BCUT2D eigenvalue weighted by molar-refractivity contribution is -0.383. The fraction of sp³-hybridized carbons (Fsp3) is 0.188. The van der Waals surface area contributed by atoms with Crippen LogP contribution in [0.25, 0.3) is 0 Å². The number of fused-ring (bicyclic) bond motifs is 1. The topological polar surface area (TPSA) is 84.3 Å². The summed E-state index contributed by atoms with van der Waals surface area (Å²) < 4.78 is 12.9. The molecule has 1 amide bonds. The number of hydrogen-bond donors (Lipinski definition) is 2. The molecule has 0 bridgehead atoms. The van der Waals surface area contributed by atoms with E-state index in [9.17, 15) is 19.3 Å². The summed E-state index contributed by atoms with van der Waals surface area (Å²) in [7, 11) is 0. The second-order valence-electron chi connectivity index (χ2n) is 5.31. The van der Waals surface area contributed by atoms with E-state index in [0.29, 0.717) is 5.56 Å². The SMILES string of the molecule is O=C(Cc1ccc(F)cc1)Nc1cc2c(cc1[N+](=O)[O-])NCC2. The van der Waals surface area contributed by atoms with Crippen LogP contribution in [0.15, 0.2) is 36.4 Å². The zero-order valence-electron chi connectivity index (χ0n) is 12.1. The van der Waals surface area contributed by atoms with Gasteiger partial charge in [0.1, 0.15) is 11.5 Å². The van der Waals surface area contributed by atoms with Gasteiger partial charge in [-0.2, -0.15) is 0 Å². The van der Waals surface area contributed by atoms with Gasteiger partial charge in [-0.3, -0.25) is 14.9 Å². The molecule has 2 N–H and O–H groups in total. The number of hydrogen-bond acceptors (Lipinski definition) is 4. The Kier molecular flexibility index (Phi) is 3.92. The number of carbonyl (C=O) groups is 1. The van der Waals surface area contributed by atoms with E-state index < -0.39 is 4.92 Å². The molecule has 118 valence electrons. The molecular weight excluding hydrogens is 301 g/mol. The summed E-state index contributed by atoms with van der Waals surface area (Å²) in [4.78, 5) is 22.8. The van der Waals surface area contributed by atoms with Crippen LogP contribution in [-0.2, 0) is 17.6 Å². The Balaban J connectivity index is 1.80. The Bertz CT molecular complexity index is 775. The Morgan fingerprint density at radius 1 is 1.30 bits per heavy atom. The summed E-state index contributed by atoms with van der Waals surface area (Å²) in [6.07, 6.45) is 0.779. The minimum atomic E-state index is -0.520.